The Hall–Kier alpha value is -2.05. The summed E-state index contributed by atoms with van der Waals surface area (Å²) in [7, 11) is 0. The van der Waals surface area contributed by atoms with Crippen LogP contribution in [0.4, 0.5) is 0 Å². The molecule has 178 valence electrons. The summed E-state index contributed by atoms with van der Waals surface area (Å²) in [6.07, 6.45) is 0.774. The van der Waals surface area contributed by atoms with Gasteiger partial charge in [-0.25, -0.2) is 0 Å². The number of benzene rings is 2. The summed E-state index contributed by atoms with van der Waals surface area (Å²) in [5.41, 5.74) is 2.42. The van der Waals surface area contributed by atoms with Crippen LogP contribution < -0.4 is 0 Å². The number of carbonyl (C=O) groups is 2. The Morgan fingerprint density at radius 1 is 1.03 bits per heavy atom. The van der Waals surface area contributed by atoms with Crippen LogP contribution in [-0.4, -0.2) is 41.2 Å². The number of hydrogen-bond donors (Lipinski definition) is 0. The maximum atomic E-state index is 13.7. The number of nitrogens with zero attached hydrogens (tertiary/aromatic N) is 2. The Labute approximate surface area is 219 Å². The molecule has 1 atom stereocenters. The van der Waals surface area contributed by atoms with Gasteiger partial charge < -0.3 is 9.80 Å². The fourth-order valence-electron chi connectivity index (χ4n) is 4.33. The standard InChI is InChI=1S/C26H25Cl3N2O2S/c1-16(2)14-30(26(33)17-3-5-18(27)6-4-17)15-24(32)31-11-9-23-21(10-12-34-23)25(31)20-8-7-19(28)13-22(20)29/h3-8,10,12-13,16,25H,9,11,14-15H2,1-2H3. The van der Waals surface area contributed by atoms with Crippen molar-refractivity contribution in [3.05, 3.63) is 90.5 Å². The topological polar surface area (TPSA) is 40.6 Å². The molecule has 2 heterocycles. The molecule has 0 spiro atoms. The summed E-state index contributed by atoms with van der Waals surface area (Å²) in [5, 5.41) is 3.67. The Bertz CT molecular complexity index is 1190. The van der Waals surface area contributed by atoms with Crippen molar-refractivity contribution in [2.75, 3.05) is 19.6 Å². The van der Waals surface area contributed by atoms with Crippen molar-refractivity contribution in [1.29, 1.82) is 0 Å². The van der Waals surface area contributed by atoms with Crippen molar-refractivity contribution in [2.45, 2.75) is 26.3 Å². The Morgan fingerprint density at radius 3 is 2.41 bits per heavy atom. The second-order valence-corrected chi connectivity index (χ2v) is 11.1. The molecule has 3 aromatic rings. The number of thiophene rings is 1. The number of hydrogen-bond acceptors (Lipinski definition) is 3. The largest absolute Gasteiger partial charge is 0.330 e. The molecule has 2 aromatic carbocycles. The van der Waals surface area contributed by atoms with Crippen LogP contribution in [0.5, 0.6) is 0 Å². The molecule has 2 amide bonds. The lowest BCUT2D eigenvalue weighted by Crippen LogP contribution is -2.47. The van der Waals surface area contributed by atoms with Crippen LogP contribution in [0.15, 0.2) is 53.9 Å². The highest BCUT2D eigenvalue weighted by atomic mass is 35.5. The molecule has 0 fully saturated rings. The fourth-order valence-corrected chi connectivity index (χ4v) is 5.87. The molecule has 0 saturated carbocycles. The van der Waals surface area contributed by atoms with Gasteiger partial charge in [-0.3, -0.25) is 9.59 Å². The molecule has 0 aliphatic carbocycles. The van der Waals surface area contributed by atoms with Crippen LogP contribution >= 0.6 is 46.1 Å². The molecule has 8 heteroatoms. The zero-order chi connectivity index (χ0) is 24.4. The summed E-state index contributed by atoms with van der Waals surface area (Å²) in [4.78, 5) is 31.7. The lowest BCUT2D eigenvalue weighted by molar-refractivity contribution is -0.134. The third-order valence-corrected chi connectivity index (χ3v) is 7.64. The Balaban J connectivity index is 1.64. The average Bonchev–Trinajstić information content (AvgIpc) is 3.27. The minimum absolute atomic E-state index is 0.0131. The van der Waals surface area contributed by atoms with Gasteiger partial charge in [0.1, 0.15) is 6.54 Å². The molecule has 4 nitrogen and oxygen atoms in total. The van der Waals surface area contributed by atoms with Crippen molar-refractivity contribution >= 4 is 58.0 Å². The number of amides is 2. The quantitative estimate of drug-likeness (QED) is 0.342. The van der Waals surface area contributed by atoms with E-state index >= 15 is 0 Å². The molecular formula is C26H25Cl3N2O2S. The predicted molar refractivity (Wildman–Crippen MR) is 140 cm³/mol. The van der Waals surface area contributed by atoms with Crippen LogP contribution in [0.2, 0.25) is 15.1 Å². The van der Waals surface area contributed by atoms with Gasteiger partial charge in [0.05, 0.1) is 6.04 Å². The maximum absolute atomic E-state index is 13.7. The molecule has 1 aromatic heterocycles. The summed E-state index contributed by atoms with van der Waals surface area (Å²) in [6, 6.07) is 13.9. The fraction of sp³-hybridized carbons (Fsp3) is 0.308. The smallest absolute Gasteiger partial charge is 0.254 e. The van der Waals surface area contributed by atoms with Crippen molar-refractivity contribution in [3.8, 4) is 0 Å². The molecule has 1 unspecified atom stereocenters. The molecule has 4 rings (SSSR count). The van der Waals surface area contributed by atoms with Gasteiger partial charge in [0.25, 0.3) is 5.91 Å². The zero-order valence-electron chi connectivity index (χ0n) is 18.9. The van der Waals surface area contributed by atoms with E-state index in [4.69, 9.17) is 34.8 Å². The van der Waals surface area contributed by atoms with E-state index in [0.717, 1.165) is 17.5 Å². The normalized spacial score (nSPS) is 15.4. The lowest BCUT2D eigenvalue weighted by atomic mass is 9.93. The van der Waals surface area contributed by atoms with Gasteiger partial charge in [0, 0.05) is 38.6 Å². The minimum Gasteiger partial charge on any atom is -0.330 e. The van der Waals surface area contributed by atoms with Crippen LogP contribution in [0.3, 0.4) is 0 Å². The van der Waals surface area contributed by atoms with E-state index in [1.165, 1.54) is 4.88 Å². The maximum Gasteiger partial charge on any atom is 0.254 e. The Morgan fingerprint density at radius 2 is 1.74 bits per heavy atom. The van der Waals surface area contributed by atoms with E-state index in [1.54, 1.807) is 52.6 Å². The molecule has 0 radical (unpaired) electrons. The first kappa shape index (κ1) is 25.1. The molecular weight excluding hydrogens is 511 g/mol. The van der Waals surface area contributed by atoms with Crippen LogP contribution in [0.1, 0.15) is 46.3 Å². The highest BCUT2D eigenvalue weighted by molar-refractivity contribution is 7.10. The lowest BCUT2D eigenvalue weighted by Gasteiger charge is -2.38. The van der Waals surface area contributed by atoms with Gasteiger partial charge in [0.15, 0.2) is 0 Å². The Kier molecular flexibility index (Phi) is 7.88. The number of fused-ring (bicyclic) bond motifs is 1. The van der Waals surface area contributed by atoms with Gasteiger partial charge in [-0.05, 0) is 71.3 Å². The van der Waals surface area contributed by atoms with E-state index in [0.29, 0.717) is 33.7 Å². The number of halogens is 3. The van der Waals surface area contributed by atoms with Crippen molar-refractivity contribution in [2.24, 2.45) is 5.92 Å². The molecule has 34 heavy (non-hydrogen) atoms. The van der Waals surface area contributed by atoms with Crippen LogP contribution in [-0.2, 0) is 11.2 Å². The van der Waals surface area contributed by atoms with Crippen molar-refractivity contribution in [1.82, 2.24) is 9.80 Å². The second-order valence-electron chi connectivity index (χ2n) is 8.79. The van der Waals surface area contributed by atoms with Crippen LogP contribution in [0, 0.1) is 5.92 Å². The first-order valence-electron chi connectivity index (χ1n) is 11.1. The summed E-state index contributed by atoms with van der Waals surface area (Å²) in [6.45, 7) is 5.07. The average molecular weight is 536 g/mol. The van der Waals surface area contributed by atoms with Gasteiger partial charge >= 0.3 is 0 Å². The first-order chi connectivity index (χ1) is 16.2. The van der Waals surface area contributed by atoms with Crippen molar-refractivity contribution in [3.63, 3.8) is 0 Å². The third kappa shape index (κ3) is 5.44. The van der Waals surface area contributed by atoms with Gasteiger partial charge in [0.2, 0.25) is 5.91 Å². The second kappa shape index (κ2) is 10.7. The zero-order valence-corrected chi connectivity index (χ0v) is 22.0. The molecule has 0 saturated heterocycles. The summed E-state index contributed by atoms with van der Waals surface area (Å²) in [5.74, 6) is -0.0979. The molecule has 1 aliphatic rings. The van der Waals surface area contributed by atoms with E-state index in [9.17, 15) is 9.59 Å². The first-order valence-corrected chi connectivity index (χ1v) is 13.1. The highest BCUT2D eigenvalue weighted by Gasteiger charge is 2.35. The third-order valence-electron chi connectivity index (χ3n) is 5.83. The van der Waals surface area contributed by atoms with E-state index < -0.39 is 0 Å². The number of rotatable bonds is 6. The minimum atomic E-state index is -0.321. The monoisotopic (exact) mass is 534 g/mol. The molecule has 1 aliphatic heterocycles. The highest BCUT2D eigenvalue weighted by Crippen LogP contribution is 2.41. The van der Waals surface area contributed by atoms with E-state index in [2.05, 4.69) is 6.07 Å². The van der Waals surface area contributed by atoms with E-state index in [1.807, 2.05) is 30.2 Å². The SMILES string of the molecule is CC(C)CN(CC(=O)N1CCc2sccc2C1c1ccc(Cl)cc1Cl)C(=O)c1ccc(Cl)cc1. The predicted octanol–water partition coefficient (Wildman–Crippen LogP) is 6.98. The molecule has 0 N–H and O–H groups in total. The molecule has 0 bridgehead atoms. The van der Waals surface area contributed by atoms with Crippen molar-refractivity contribution < 1.29 is 9.59 Å². The van der Waals surface area contributed by atoms with E-state index in [-0.39, 0.29) is 30.3 Å². The van der Waals surface area contributed by atoms with Gasteiger partial charge in [-0.2, -0.15) is 0 Å². The van der Waals surface area contributed by atoms with Crippen LogP contribution in [0.25, 0.3) is 0 Å². The number of carbonyl (C=O) groups excluding carboxylic acids is 2. The van der Waals surface area contributed by atoms with Gasteiger partial charge in [-0.1, -0.05) is 54.7 Å². The summed E-state index contributed by atoms with van der Waals surface area (Å²) >= 11 is 20.4. The summed E-state index contributed by atoms with van der Waals surface area (Å²) < 4.78 is 0. The van der Waals surface area contributed by atoms with Gasteiger partial charge in [-0.15, -0.1) is 11.3 Å².